The number of amidine groups is 1. The number of hydrazine groups is 1. The van der Waals surface area contributed by atoms with E-state index in [9.17, 15) is 9.59 Å². The van der Waals surface area contributed by atoms with Crippen LogP contribution in [-0.2, 0) is 14.3 Å². The van der Waals surface area contributed by atoms with Crippen molar-refractivity contribution >= 4 is 34.5 Å². The van der Waals surface area contributed by atoms with E-state index < -0.39 is 5.54 Å². The average molecular weight is 307 g/mol. The molecule has 0 saturated heterocycles. The third kappa shape index (κ3) is 3.55. The van der Waals surface area contributed by atoms with E-state index in [1.807, 2.05) is 30.3 Å². The van der Waals surface area contributed by atoms with Crippen LogP contribution in [0.4, 0.5) is 5.69 Å². The van der Waals surface area contributed by atoms with Crippen molar-refractivity contribution in [3.8, 4) is 0 Å². The third-order valence-electron chi connectivity index (χ3n) is 2.85. The Kier molecular flexibility index (Phi) is 4.52. The van der Waals surface area contributed by atoms with Gasteiger partial charge in [-0.2, -0.15) is 5.01 Å². The van der Waals surface area contributed by atoms with Gasteiger partial charge in [0.15, 0.2) is 5.17 Å². The molecule has 1 N–H and O–H groups in total. The summed E-state index contributed by atoms with van der Waals surface area (Å²) in [7, 11) is 1.33. The standard InChI is InChI=1S/C14H17N3O3S/c1-14(2)12(19)17(16-10-7-5-4-6-8-10)13(15-14)21-9-11(18)20-3/h4-8,16H,9H2,1-3H3. The number of methoxy groups -OCH3 is 1. The van der Waals surface area contributed by atoms with E-state index in [0.29, 0.717) is 5.17 Å². The number of carbonyl (C=O) groups is 2. The van der Waals surface area contributed by atoms with Gasteiger partial charge in [-0.1, -0.05) is 30.0 Å². The average Bonchev–Trinajstić information content (AvgIpc) is 2.69. The van der Waals surface area contributed by atoms with E-state index in [2.05, 4.69) is 15.2 Å². The second-order valence-corrected chi connectivity index (χ2v) is 5.88. The summed E-state index contributed by atoms with van der Waals surface area (Å²) in [5.74, 6) is -0.427. The summed E-state index contributed by atoms with van der Waals surface area (Å²) in [5.41, 5.74) is 2.94. The third-order valence-corrected chi connectivity index (χ3v) is 3.77. The molecule has 0 atom stereocenters. The molecule has 1 aliphatic heterocycles. The highest BCUT2D eigenvalue weighted by Gasteiger charge is 2.41. The van der Waals surface area contributed by atoms with Gasteiger partial charge in [0, 0.05) is 0 Å². The summed E-state index contributed by atoms with van der Waals surface area (Å²) in [6.07, 6.45) is 0. The number of anilines is 1. The van der Waals surface area contributed by atoms with Gasteiger partial charge >= 0.3 is 5.97 Å². The first kappa shape index (κ1) is 15.4. The molecular formula is C14H17N3O3S. The number of ether oxygens (including phenoxy) is 1. The van der Waals surface area contributed by atoms with Crippen molar-refractivity contribution < 1.29 is 14.3 Å². The minimum Gasteiger partial charge on any atom is -0.468 e. The number of hydrogen-bond acceptors (Lipinski definition) is 6. The van der Waals surface area contributed by atoms with Crippen molar-refractivity contribution in [2.24, 2.45) is 4.99 Å². The second-order valence-electron chi connectivity index (χ2n) is 4.94. The summed E-state index contributed by atoms with van der Waals surface area (Å²) in [4.78, 5) is 28.0. The van der Waals surface area contributed by atoms with E-state index in [1.165, 1.54) is 23.9 Å². The van der Waals surface area contributed by atoms with Crippen molar-refractivity contribution in [2.45, 2.75) is 19.4 Å². The maximum absolute atomic E-state index is 12.4. The van der Waals surface area contributed by atoms with E-state index >= 15 is 0 Å². The normalized spacial score (nSPS) is 16.6. The number of rotatable bonds is 4. The fourth-order valence-corrected chi connectivity index (χ4v) is 2.63. The van der Waals surface area contributed by atoms with Gasteiger partial charge in [0.1, 0.15) is 5.54 Å². The maximum atomic E-state index is 12.4. The quantitative estimate of drug-likeness (QED) is 0.860. The zero-order valence-electron chi connectivity index (χ0n) is 12.1. The second kappa shape index (κ2) is 6.17. The molecule has 0 aliphatic carbocycles. The minimum atomic E-state index is -0.847. The van der Waals surface area contributed by atoms with Gasteiger partial charge in [-0.05, 0) is 26.0 Å². The van der Waals surface area contributed by atoms with Crippen LogP contribution >= 0.6 is 11.8 Å². The van der Waals surface area contributed by atoms with Crippen LogP contribution in [-0.4, -0.2) is 40.5 Å². The van der Waals surface area contributed by atoms with Crippen LogP contribution in [0, 0.1) is 0 Å². The topological polar surface area (TPSA) is 71.0 Å². The van der Waals surface area contributed by atoms with E-state index in [-0.39, 0.29) is 17.6 Å². The van der Waals surface area contributed by atoms with Crippen LogP contribution in [0.3, 0.4) is 0 Å². The van der Waals surface area contributed by atoms with Crippen LogP contribution in [0.1, 0.15) is 13.8 Å². The van der Waals surface area contributed by atoms with Gasteiger partial charge < -0.3 is 4.74 Å². The molecule has 21 heavy (non-hydrogen) atoms. The van der Waals surface area contributed by atoms with Gasteiger partial charge in [-0.3, -0.25) is 15.0 Å². The molecule has 0 radical (unpaired) electrons. The number of nitrogens with one attached hydrogen (secondary N) is 1. The first-order valence-corrected chi connectivity index (χ1v) is 7.38. The highest BCUT2D eigenvalue weighted by molar-refractivity contribution is 8.14. The number of amides is 1. The lowest BCUT2D eigenvalue weighted by molar-refractivity contribution is -0.137. The van der Waals surface area contributed by atoms with E-state index in [4.69, 9.17) is 0 Å². The smallest absolute Gasteiger partial charge is 0.316 e. The molecule has 112 valence electrons. The number of nitrogens with zero attached hydrogens (tertiary/aromatic N) is 2. The van der Waals surface area contributed by atoms with Crippen LogP contribution in [0.5, 0.6) is 0 Å². The molecule has 1 heterocycles. The van der Waals surface area contributed by atoms with Crippen molar-refractivity contribution in [1.29, 1.82) is 0 Å². The lowest BCUT2D eigenvalue weighted by atomic mass is 10.1. The number of para-hydroxylation sites is 1. The molecular weight excluding hydrogens is 290 g/mol. The molecule has 6 nitrogen and oxygen atoms in total. The van der Waals surface area contributed by atoms with Crippen molar-refractivity contribution in [2.75, 3.05) is 18.3 Å². The maximum Gasteiger partial charge on any atom is 0.316 e. The van der Waals surface area contributed by atoms with Crippen LogP contribution < -0.4 is 5.43 Å². The lowest BCUT2D eigenvalue weighted by Gasteiger charge is -2.21. The molecule has 2 rings (SSSR count). The van der Waals surface area contributed by atoms with Crippen molar-refractivity contribution in [3.63, 3.8) is 0 Å². The number of esters is 1. The number of hydrogen-bond donors (Lipinski definition) is 1. The minimum absolute atomic E-state index is 0.103. The zero-order valence-corrected chi connectivity index (χ0v) is 12.9. The van der Waals surface area contributed by atoms with E-state index in [0.717, 1.165) is 5.69 Å². The first-order valence-electron chi connectivity index (χ1n) is 6.40. The Labute approximate surface area is 127 Å². The molecule has 0 saturated carbocycles. The SMILES string of the molecule is COC(=O)CSC1=NC(C)(C)C(=O)N1Nc1ccccc1. The highest BCUT2D eigenvalue weighted by atomic mass is 32.2. The lowest BCUT2D eigenvalue weighted by Crippen LogP contribution is -2.42. The largest absolute Gasteiger partial charge is 0.468 e. The predicted octanol–water partition coefficient (Wildman–Crippen LogP) is 1.90. The Bertz CT molecular complexity index is 572. The molecule has 0 aromatic heterocycles. The van der Waals surface area contributed by atoms with Gasteiger partial charge in [0.2, 0.25) is 0 Å². The van der Waals surface area contributed by atoms with Gasteiger partial charge in [0.25, 0.3) is 5.91 Å². The van der Waals surface area contributed by atoms with Gasteiger partial charge in [-0.15, -0.1) is 0 Å². The number of carbonyl (C=O) groups excluding carboxylic acids is 2. The monoisotopic (exact) mass is 307 g/mol. The van der Waals surface area contributed by atoms with Crippen molar-refractivity contribution in [3.05, 3.63) is 30.3 Å². The molecule has 0 bridgehead atoms. The van der Waals surface area contributed by atoms with E-state index in [1.54, 1.807) is 13.8 Å². The number of thioether (sulfide) groups is 1. The van der Waals surface area contributed by atoms with Crippen LogP contribution in [0.2, 0.25) is 0 Å². The zero-order chi connectivity index (χ0) is 15.5. The summed E-state index contributed by atoms with van der Waals surface area (Å²) >= 11 is 1.17. The summed E-state index contributed by atoms with van der Waals surface area (Å²) in [6.45, 7) is 3.47. The number of aliphatic imine (C=N–C) groups is 1. The molecule has 1 aliphatic rings. The Morgan fingerprint density at radius 1 is 1.38 bits per heavy atom. The summed E-state index contributed by atoms with van der Waals surface area (Å²) < 4.78 is 4.60. The Balaban J connectivity index is 2.14. The first-order chi connectivity index (χ1) is 9.94. The Hall–Kier alpha value is -2.02. The molecule has 0 unspecified atom stereocenters. The predicted molar refractivity (Wildman–Crippen MR) is 82.9 cm³/mol. The summed E-state index contributed by atoms with van der Waals surface area (Å²) in [5, 5.41) is 1.84. The molecule has 1 aromatic carbocycles. The number of benzene rings is 1. The molecule has 1 amide bonds. The Morgan fingerprint density at radius 2 is 2.05 bits per heavy atom. The molecule has 7 heteroatoms. The Morgan fingerprint density at radius 3 is 2.67 bits per heavy atom. The highest BCUT2D eigenvalue weighted by Crippen LogP contribution is 2.27. The fourth-order valence-electron chi connectivity index (χ4n) is 1.72. The molecule has 1 aromatic rings. The molecule has 0 spiro atoms. The molecule has 0 fully saturated rings. The summed E-state index contributed by atoms with van der Waals surface area (Å²) in [6, 6.07) is 9.32. The van der Waals surface area contributed by atoms with Crippen LogP contribution in [0.25, 0.3) is 0 Å². The van der Waals surface area contributed by atoms with Gasteiger partial charge in [-0.25, -0.2) is 4.99 Å². The van der Waals surface area contributed by atoms with Gasteiger partial charge in [0.05, 0.1) is 18.6 Å². The van der Waals surface area contributed by atoms with Crippen molar-refractivity contribution in [1.82, 2.24) is 5.01 Å². The van der Waals surface area contributed by atoms with Crippen LogP contribution in [0.15, 0.2) is 35.3 Å². The fraction of sp³-hybridized carbons (Fsp3) is 0.357.